The lowest BCUT2D eigenvalue weighted by Crippen LogP contribution is -2.06. The fourth-order valence-electron chi connectivity index (χ4n) is 3.66. The van der Waals surface area contributed by atoms with Gasteiger partial charge in [0.1, 0.15) is 17.9 Å². The number of methoxy groups -OCH3 is 1. The lowest BCUT2D eigenvalue weighted by atomic mass is 9.92. The van der Waals surface area contributed by atoms with Crippen molar-refractivity contribution in [2.75, 3.05) is 13.7 Å². The smallest absolute Gasteiger partial charge is 0.186 e. The van der Waals surface area contributed by atoms with Crippen molar-refractivity contribution in [2.45, 2.75) is 32.6 Å². The van der Waals surface area contributed by atoms with Gasteiger partial charge < -0.3 is 14.4 Å². The Hall–Kier alpha value is -3.92. The van der Waals surface area contributed by atoms with Crippen LogP contribution in [-0.4, -0.2) is 43.6 Å². The normalized spacial score (nSPS) is 14.0. The van der Waals surface area contributed by atoms with Crippen LogP contribution in [-0.2, 0) is 0 Å². The number of halogens is 3. The molecule has 1 aromatic carbocycles. The van der Waals surface area contributed by atoms with Gasteiger partial charge in [-0.25, -0.2) is 23.1 Å². The lowest BCUT2D eigenvalue weighted by molar-refractivity contribution is 0.281. The van der Waals surface area contributed by atoms with Gasteiger partial charge in [0.05, 0.1) is 24.8 Å². The molecule has 190 valence electrons. The van der Waals surface area contributed by atoms with Crippen molar-refractivity contribution < 1.29 is 23.0 Å². The van der Waals surface area contributed by atoms with Gasteiger partial charge >= 0.3 is 0 Å². The third kappa shape index (κ3) is 6.60. The van der Waals surface area contributed by atoms with E-state index in [1.54, 1.807) is 32.5 Å². The summed E-state index contributed by atoms with van der Waals surface area (Å²) in [4.78, 5) is 8.72. The number of nitrogens with one attached hydrogen (secondary N) is 1. The molecule has 3 aromatic rings. The highest BCUT2D eigenvalue weighted by atomic mass is 19.2. The van der Waals surface area contributed by atoms with E-state index in [0.29, 0.717) is 35.8 Å². The van der Waals surface area contributed by atoms with Gasteiger partial charge in [0.2, 0.25) is 0 Å². The quantitative estimate of drug-likeness (QED) is 0.320. The van der Waals surface area contributed by atoms with E-state index in [4.69, 9.17) is 4.74 Å². The van der Waals surface area contributed by atoms with E-state index >= 15 is 0 Å². The third-order valence-corrected chi connectivity index (χ3v) is 5.47. The van der Waals surface area contributed by atoms with E-state index in [0.717, 1.165) is 23.0 Å². The number of ether oxygens (including phenoxy) is 1. The SMILES string of the molecule is C\C=C(/C=C(F)\C(F)=C\F)C(CCCO)c1nc(/C=C/c2ccc(-n3cnc(C)c3)c(OC)c2)n[nH]1. The highest BCUT2D eigenvalue weighted by molar-refractivity contribution is 5.69. The van der Waals surface area contributed by atoms with Gasteiger partial charge in [0.15, 0.2) is 17.5 Å². The molecule has 0 bridgehead atoms. The van der Waals surface area contributed by atoms with Crippen LogP contribution in [0.4, 0.5) is 13.2 Å². The van der Waals surface area contributed by atoms with Crippen LogP contribution in [0.25, 0.3) is 17.8 Å². The molecular weight excluding hydrogens is 471 g/mol. The van der Waals surface area contributed by atoms with Crippen LogP contribution in [0.1, 0.15) is 48.6 Å². The van der Waals surface area contributed by atoms with Gasteiger partial charge in [-0.05, 0) is 62.1 Å². The molecule has 0 fully saturated rings. The second-order valence-corrected chi connectivity index (χ2v) is 7.92. The Kier molecular flexibility index (Phi) is 9.40. The molecule has 2 aromatic heterocycles. The van der Waals surface area contributed by atoms with Gasteiger partial charge in [0.25, 0.3) is 0 Å². The first-order valence-electron chi connectivity index (χ1n) is 11.3. The average Bonchev–Trinajstić information content (AvgIpc) is 3.55. The molecular formula is C26H28F3N5O2. The number of hydrogen-bond donors (Lipinski definition) is 2. The molecule has 36 heavy (non-hydrogen) atoms. The van der Waals surface area contributed by atoms with Gasteiger partial charge in [0, 0.05) is 18.7 Å². The summed E-state index contributed by atoms with van der Waals surface area (Å²) in [5.74, 6) is -1.98. The molecule has 0 radical (unpaired) electrons. The number of aromatic nitrogens is 5. The number of aliphatic hydroxyl groups is 1. The summed E-state index contributed by atoms with van der Waals surface area (Å²) < 4.78 is 47.1. The van der Waals surface area contributed by atoms with E-state index in [1.807, 2.05) is 42.0 Å². The molecule has 2 heterocycles. The predicted octanol–water partition coefficient (Wildman–Crippen LogP) is 5.91. The first kappa shape index (κ1) is 26.7. The first-order valence-corrected chi connectivity index (χ1v) is 11.3. The maximum Gasteiger partial charge on any atom is 0.186 e. The fourth-order valence-corrected chi connectivity index (χ4v) is 3.66. The Labute approximate surface area is 207 Å². The Balaban J connectivity index is 1.84. The maximum atomic E-state index is 14.0. The molecule has 0 amide bonds. The monoisotopic (exact) mass is 499 g/mol. The summed E-state index contributed by atoms with van der Waals surface area (Å²) in [5.41, 5.74) is 2.96. The Morgan fingerprint density at radius 1 is 1.25 bits per heavy atom. The summed E-state index contributed by atoms with van der Waals surface area (Å²) >= 11 is 0. The second-order valence-electron chi connectivity index (χ2n) is 7.92. The summed E-state index contributed by atoms with van der Waals surface area (Å²) in [5, 5.41) is 16.3. The highest BCUT2D eigenvalue weighted by Gasteiger charge is 2.20. The number of rotatable bonds is 11. The van der Waals surface area contributed by atoms with Crippen molar-refractivity contribution in [1.82, 2.24) is 24.7 Å². The number of aliphatic hydroxyl groups excluding tert-OH is 1. The molecule has 1 unspecified atom stereocenters. The maximum absolute atomic E-state index is 14.0. The summed E-state index contributed by atoms with van der Waals surface area (Å²) in [6.45, 7) is 3.47. The van der Waals surface area contributed by atoms with Crippen LogP contribution < -0.4 is 4.74 Å². The molecule has 2 N–H and O–H groups in total. The van der Waals surface area contributed by atoms with E-state index in [9.17, 15) is 18.3 Å². The van der Waals surface area contributed by atoms with Crippen LogP contribution in [0.15, 0.2) is 66.4 Å². The molecule has 10 heteroatoms. The number of benzene rings is 1. The highest BCUT2D eigenvalue weighted by Crippen LogP contribution is 2.30. The molecule has 0 saturated carbocycles. The molecule has 0 aliphatic rings. The number of H-pyrrole nitrogens is 1. The van der Waals surface area contributed by atoms with Gasteiger partial charge in [-0.2, -0.15) is 5.10 Å². The van der Waals surface area contributed by atoms with Crippen molar-refractivity contribution in [3.8, 4) is 11.4 Å². The Morgan fingerprint density at radius 2 is 2.06 bits per heavy atom. The van der Waals surface area contributed by atoms with Crippen molar-refractivity contribution >= 4 is 12.2 Å². The van der Waals surface area contributed by atoms with Crippen LogP contribution in [0.5, 0.6) is 5.75 Å². The van der Waals surface area contributed by atoms with Crippen LogP contribution >= 0.6 is 0 Å². The molecule has 1 atom stereocenters. The van der Waals surface area contributed by atoms with Crippen molar-refractivity contribution in [1.29, 1.82) is 0 Å². The number of aryl methyl sites for hydroxylation is 1. The van der Waals surface area contributed by atoms with E-state index in [2.05, 4.69) is 20.2 Å². The molecule has 3 rings (SSSR count). The van der Waals surface area contributed by atoms with Crippen LogP contribution in [0, 0.1) is 6.92 Å². The number of aromatic amines is 1. The summed E-state index contributed by atoms with van der Waals surface area (Å²) in [6, 6.07) is 5.70. The Morgan fingerprint density at radius 3 is 2.69 bits per heavy atom. The third-order valence-electron chi connectivity index (χ3n) is 5.47. The summed E-state index contributed by atoms with van der Waals surface area (Å²) in [6.07, 6.45) is 10.00. The fraction of sp³-hybridized carbons (Fsp3) is 0.269. The average molecular weight is 500 g/mol. The number of hydrogen-bond acceptors (Lipinski definition) is 5. The van der Waals surface area contributed by atoms with E-state index < -0.39 is 23.9 Å². The van der Waals surface area contributed by atoms with E-state index in [1.165, 1.54) is 0 Å². The number of imidazole rings is 1. The van der Waals surface area contributed by atoms with Crippen LogP contribution in [0.3, 0.4) is 0 Å². The van der Waals surface area contributed by atoms with Gasteiger partial charge in [-0.3, -0.25) is 5.10 Å². The Bertz CT molecular complexity index is 1290. The van der Waals surface area contributed by atoms with E-state index in [-0.39, 0.29) is 6.61 Å². The van der Waals surface area contributed by atoms with Gasteiger partial charge in [-0.1, -0.05) is 18.2 Å². The summed E-state index contributed by atoms with van der Waals surface area (Å²) in [7, 11) is 1.59. The predicted molar refractivity (Wildman–Crippen MR) is 132 cm³/mol. The molecule has 7 nitrogen and oxygen atoms in total. The molecule has 0 spiro atoms. The molecule has 0 aliphatic heterocycles. The van der Waals surface area contributed by atoms with Gasteiger partial charge in [-0.15, -0.1) is 0 Å². The van der Waals surface area contributed by atoms with Crippen molar-refractivity contribution in [3.63, 3.8) is 0 Å². The standard InChI is InChI=1S/C26H28F3N5O2/c1-4-19(13-21(28)22(29)14-27)20(6-5-11-35)26-31-25(32-33-26)10-8-18-7-9-23(24(12-18)36-3)34-15-17(2)30-16-34/h4,7-10,12-16,20,35H,5-6,11H2,1-3H3,(H,31,32,33)/b10-8+,19-4+,21-13+,22-14-. The zero-order chi connectivity index (χ0) is 26.1. The lowest BCUT2D eigenvalue weighted by Gasteiger charge is -2.15. The first-order chi connectivity index (χ1) is 17.4. The minimum absolute atomic E-state index is 0.0875. The second kappa shape index (κ2) is 12.7. The molecule has 0 saturated heterocycles. The topological polar surface area (TPSA) is 88.8 Å². The zero-order valence-electron chi connectivity index (χ0n) is 20.3. The number of allylic oxidation sites excluding steroid dienone is 5. The van der Waals surface area contributed by atoms with Crippen molar-refractivity contribution in [3.05, 3.63) is 89.3 Å². The molecule has 0 aliphatic carbocycles. The van der Waals surface area contributed by atoms with Crippen molar-refractivity contribution in [2.24, 2.45) is 0 Å². The largest absolute Gasteiger partial charge is 0.495 e. The van der Waals surface area contributed by atoms with Crippen LogP contribution in [0.2, 0.25) is 0 Å². The zero-order valence-corrected chi connectivity index (χ0v) is 20.3. The minimum atomic E-state index is -1.60. The number of nitrogens with zero attached hydrogens (tertiary/aromatic N) is 4. The minimum Gasteiger partial charge on any atom is -0.495 e.